The molecule has 0 amide bonds. The van der Waals surface area contributed by atoms with E-state index in [4.69, 9.17) is 4.74 Å². The molecule has 33 heavy (non-hydrogen) atoms. The van der Waals surface area contributed by atoms with Gasteiger partial charge in [0.05, 0.1) is 11.0 Å². The summed E-state index contributed by atoms with van der Waals surface area (Å²) in [6.45, 7) is 5.89. The van der Waals surface area contributed by atoms with Crippen LogP contribution < -0.4 is 4.74 Å². The van der Waals surface area contributed by atoms with Crippen molar-refractivity contribution in [2.45, 2.75) is 64.9 Å². The SMILES string of the molecule is CCC(C)(C)C(=O)Oc1c2ccccc2c(C2(O)C3CC4CC(C3)CC2C4)c2ccccc12. The van der Waals surface area contributed by atoms with Crippen LogP contribution in [0.3, 0.4) is 0 Å². The maximum atomic E-state index is 13.1. The van der Waals surface area contributed by atoms with E-state index >= 15 is 0 Å². The van der Waals surface area contributed by atoms with Crippen LogP contribution in [0.25, 0.3) is 21.5 Å². The average molecular weight is 443 g/mol. The maximum Gasteiger partial charge on any atom is 0.316 e. The van der Waals surface area contributed by atoms with E-state index in [1.165, 1.54) is 6.42 Å². The van der Waals surface area contributed by atoms with Crippen LogP contribution >= 0.6 is 0 Å². The minimum absolute atomic E-state index is 0.207. The first-order valence-electron chi connectivity index (χ1n) is 12.7. The Morgan fingerprint density at radius 3 is 1.79 bits per heavy atom. The molecule has 3 heteroatoms. The normalized spacial score (nSPS) is 30.8. The largest absolute Gasteiger partial charge is 0.425 e. The predicted octanol–water partition coefficient (Wildman–Crippen LogP) is 6.98. The van der Waals surface area contributed by atoms with Crippen LogP contribution in [0.2, 0.25) is 0 Å². The lowest BCUT2D eigenvalue weighted by molar-refractivity contribution is -0.177. The van der Waals surface area contributed by atoms with Crippen LogP contribution in [0, 0.1) is 29.1 Å². The number of rotatable bonds is 4. The third-order valence-corrected chi connectivity index (χ3v) is 9.30. The standard InChI is InChI=1S/C30H34O3/c1-4-29(2,3)28(31)33-27-24-11-7-5-9-22(24)26(23-10-6-8-12-25(23)27)30(32)20-14-18-13-19(16-20)17-21(30)15-18/h5-12,18-21,32H,4,13-17H2,1-3H3. The van der Waals surface area contributed by atoms with Crippen LogP contribution in [-0.4, -0.2) is 11.1 Å². The summed E-state index contributed by atoms with van der Waals surface area (Å²) in [4.78, 5) is 13.1. The number of carbonyl (C=O) groups is 1. The number of fused-ring (bicyclic) bond motifs is 2. The molecule has 0 aliphatic heterocycles. The second-order valence-corrected chi connectivity index (χ2v) is 11.6. The highest BCUT2D eigenvalue weighted by Crippen LogP contribution is 2.63. The molecule has 4 bridgehead atoms. The molecule has 1 N–H and O–H groups in total. The van der Waals surface area contributed by atoms with Gasteiger partial charge in [-0.25, -0.2) is 0 Å². The van der Waals surface area contributed by atoms with Gasteiger partial charge in [-0.2, -0.15) is 0 Å². The highest BCUT2D eigenvalue weighted by Gasteiger charge is 2.58. The first-order chi connectivity index (χ1) is 15.8. The summed E-state index contributed by atoms with van der Waals surface area (Å²) in [7, 11) is 0. The monoisotopic (exact) mass is 442 g/mol. The lowest BCUT2D eigenvalue weighted by atomic mass is 9.48. The Bertz CT molecular complexity index is 1170. The van der Waals surface area contributed by atoms with Gasteiger partial charge in [-0.3, -0.25) is 4.79 Å². The minimum atomic E-state index is -0.822. The number of carbonyl (C=O) groups excluding carboxylic acids is 1. The van der Waals surface area contributed by atoms with Crippen molar-refractivity contribution in [2.75, 3.05) is 0 Å². The number of hydrogen-bond acceptors (Lipinski definition) is 3. The zero-order chi connectivity index (χ0) is 23.0. The highest BCUT2D eigenvalue weighted by molar-refractivity contribution is 6.10. The highest BCUT2D eigenvalue weighted by atomic mass is 16.5. The summed E-state index contributed by atoms with van der Waals surface area (Å²) in [5.74, 6) is 2.61. The topological polar surface area (TPSA) is 46.5 Å². The van der Waals surface area contributed by atoms with Gasteiger partial charge in [-0.15, -0.1) is 0 Å². The fraction of sp³-hybridized carbons (Fsp3) is 0.500. The van der Waals surface area contributed by atoms with Gasteiger partial charge in [0.2, 0.25) is 0 Å². The maximum absolute atomic E-state index is 13.1. The van der Waals surface area contributed by atoms with Gasteiger partial charge >= 0.3 is 5.97 Å². The number of hydrogen-bond donors (Lipinski definition) is 1. The van der Waals surface area contributed by atoms with Gasteiger partial charge in [0, 0.05) is 10.8 Å². The zero-order valence-electron chi connectivity index (χ0n) is 19.9. The van der Waals surface area contributed by atoms with Crippen LogP contribution in [0.1, 0.15) is 64.9 Å². The molecule has 0 aromatic heterocycles. The van der Waals surface area contributed by atoms with Crippen LogP contribution in [0.4, 0.5) is 0 Å². The molecule has 3 nitrogen and oxygen atoms in total. The Morgan fingerprint density at radius 2 is 1.33 bits per heavy atom. The molecule has 4 aliphatic carbocycles. The summed E-state index contributed by atoms with van der Waals surface area (Å²) in [5, 5.41) is 16.5. The zero-order valence-corrected chi connectivity index (χ0v) is 19.9. The van der Waals surface area contributed by atoms with Crippen molar-refractivity contribution in [3.8, 4) is 5.75 Å². The van der Waals surface area contributed by atoms with Crippen LogP contribution in [0.15, 0.2) is 48.5 Å². The molecule has 7 rings (SSSR count). The van der Waals surface area contributed by atoms with Crippen molar-refractivity contribution in [2.24, 2.45) is 29.1 Å². The molecule has 0 heterocycles. The summed E-state index contributed by atoms with van der Waals surface area (Å²) in [5.41, 5.74) is -0.310. The van der Waals surface area contributed by atoms with Crippen molar-refractivity contribution < 1.29 is 14.6 Å². The molecule has 4 fully saturated rings. The molecule has 4 saturated carbocycles. The Labute approximate surface area is 196 Å². The summed E-state index contributed by atoms with van der Waals surface area (Å²) in [6, 6.07) is 16.4. The number of aliphatic hydroxyl groups is 1. The molecular formula is C30H34O3. The van der Waals surface area contributed by atoms with Crippen molar-refractivity contribution in [1.82, 2.24) is 0 Å². The first kappa shape index (κ1) is 21.2. The number of ether oxygens (including phenoxy) is 1. The molecule has 3 aromatic rings. The summed E-state index contributed by atoms with van der Waals surface area (Å²) >= 11 is 0. The molecule has 4 aliphatic rings. The molecule has 3 aromatic carbocycles. The molecule has 0 unspecified atom stereocenters. The van der Waals surface area contributed by atoms with Gasteiger partial charge in [0.25, 0.3) is 0 Å². The fourth-order valence-corrected chi connectivity index (χ4v) is 7.32. The molecule has 0 saturated heterocycles. The van der Waals surface area contributed by atoms with E-state index in [1.807, 2.05) is 57.2 Å². The summed E-state index contributed by atoms with van der Waals surface area (Å²) < 4.78 is 6.17. The van der Waals surface area contributed by atoms with E-state index in [0.717, 1.165) is 64.6 Å². The number of esters is 1. The van der Waals surface area contributed by atoms with Crippen molar-refractivity contribution in [3.05, 3.63) is 54.1 Å². The van der Waals surface area contributed by atoms with Crippen molar-refractivity contribution >= 4 is 27.5 Å². The smallest absolute Gasteiger partial charge is 0.316 e. The molecule has 172 valence electrons. The molecule has 0 spiro atoms. The Kier molecular flexibility index (Phi) is 4.68. The lowest BCUT2D eigenvalue weighted by Crippen LogP contribution is -2.55. The molecule has 0 radical (unpaired) electrons. The summed E-state index contributed by atoms with van der Waals surface area (Å²) in [6.07, 6.45) is 6.60. The lowest BCUT2D eigenvalue weighted by Gasteiger charge is -2.59. The van der Waals surface area contributed by atoms with E-state index < -0.39 is 11.0 Å². The van der Waals surface area contributed by atoms with Gasteiger partial charge < -0.3 is 9.84 Å². The van der Waals surface area contributed by atoms with Crippen molar-refractivity contribution in [3.63, 3.8) is 0 Å². The second kappa shape index (κ2) is 7.30. The van der Waals surface area contributed by atoms with Crippen LogP contribution in [0.5, 0.6) is 5.75 Å². The van der Waals surface area contributed by atoms with E-state index in [-0.39, 0.29) is 5.97 Å². The van der Waals surface area contributed by atoms with Crippen LogP contribution in [-0.2, 0) is 10.4 Å². The third kappa shape index (κ3) is 3.01. The minimum Gasteiger partial charge on any atom is -0.425 e. The van der Waals surface area contributed by atoms with Gasteiger partial charge in [-0.05, 0) is 92.4 Å². The fourth-order valence-electron chi connectivity index (χ4n) is 7.32. The van der Waals surface area contributed by atoms with E-state index in [0.29, 0.717) is 24.0 Å². The Hall–Kier alpha value is -2.39. The predicted molar refractivity (Wildman–Crippen MR) is 132 cm³/mol. The molecule has 0 atom stereocenters. The van der Waals surface area contributed by atoms with E-state index in [2.05, 4.69) is 12.1 Å². The van der Waals surface area contributed by atoms with E-state index in [1.54, 1.807) is 0 Å². The quantitative estimate of drug-likeness (QED) is 0.269. The van der Waals surface area contributed by atoms with E-state index in [9.17, 15) is 9.90 Å². The first-order valence-corrected chi connectivity index (χ1v) is 12.7. The van der Waals surface area contributed by atoms with Gasteiger partial charge in [0.1, 0.15) is 5.75 Å². The van der Waals surface area contributed by atoms with Crippen molar-refractivity contribution in [1.29, 1.82) is 0 Å². The molecular weight excluding hydrogens is 408 g/mol. The Balaban J connectivity index is 1.61. The average Bonchev–Trinajstić information content (AvgIpc) is 2.81. The Morgan fingerprint density at radius 1 is 0.879 bits per heavy atom. The van der Waals surface area contributed by atoms with Gasteiger partial charge in [-0.1, -0.05) is 55.5 Å². The second-order valence-electron chi connectivity index (χ2n) is 11.6. The third-order valence-electron chi connectivity index (χ3n) is 9.30. The van der Waals surface area contributed by atoms with Gasteiger partial charge in [0.15, 0.2) is 0 Å². The number of benzene rings is 3.